The lowest BCUT2D eigenvalue weighted by Crippen LogP contribution is -2.27. The molecular weight excluding hydrogens is 398 g/mol. The third kappa shape index (κ3) is 4.49. The first-order chi connectivity index (χ1) is 15.2. The number of aromatic nitrogens is 3. The number of rotatable bonds is 5. The number of nitrogens with one attached hydrogen (secondary N) is 3. The minimum Gasteiger partial charge on any atom is -0.358 e. The van der Waals surface area contributed by atoms with Gasteiger partial charge in [0, 0.05) is 45.2 Å². The number of nitrogens with zero attached hydrogens (tertiary/aromatic N) is 2. The van der Waals surface area contributed by atoms with Crippen molar-refractivity contribution in [3.05, 3.63) is 83.4 Å². The average Bonchev–Trinajstić information content (AvgIpc) is 3.07. The number of benzene rings is 1. The zero-order valence-electron chi connectivity index (χ0n) is 19.2. The van der Waals surface area contributed by atoms with Gasteiger partial charge in [-0.05, 0) is 56.3 Å². The Bertz CT molecular complexity index is 1250. The van der Waals surface area contributed by atoms with Gasteiger partial charge in [0.1, 0.15) is 5.82 Å². The van der Waals surface area contributed by atoms with Crippen molar-refractivity contribution in [2.24, 2.45) is 5.41 Å². The molecule has 0 aliphatic rings. The summed E-state index contributed by atoms with van der Waals surface area (Å²) in [7, 11) is 0. The van der Waals surface area contributed by atoms with Gasteiger partial charge >= 0.3 is 0 Å². The van der Waals surface area contributed by atoms with E-state index in [4.69, 9.17) is 0 Å². The Morgan fingerprint density at radius 1 is 1.03 bits per heavy atom. The van der Waals surface area contributed by atoms with Gasteiger partial charge in [-0.3, -0.25) is 9.78 Å². The summed E-state index contributed by atoms with van der Waals surface area (Å²) in [5, 5.41) is 7.65. The van der Waals surface area contributed by atoms with Crippen molar-refractivity contribution in [3.63, 3.8) is 0 Å². The predicted octanol–water partition coefficient (Wildman–Crippen LogP) is 5.76. The molecule has 32 heavy (non-hydrogen) atoms. The molecule has 3 heterocycles. The van der Waals surface area contributed by atoms with Gasteiger partial charge in [-0.15, -0.1) is 0 Å². The molecule has 0 saturated carbocycles. The number of anilines is 2. The summed E-state index contributed by atoms with van der Waals surface area (Å²) in [6.07, 6.45) is 1.80. The highest BCUT2D eigenvalue weighted by atomic mass is 16.2. The van der Waals surface area contributed by atoms with E-state index in [0.717, 1.165) is 45.1 Å². The third-order valence-corrected chi connectivity index (χ3v) is 5.43. The molecule has 3 N–H and O–H groups in total. The molecule has 0 spiro atoms. The second kappa shape index (κ2) is 8.46. The van der Waals surface area contributed by atoms with E-state index in [0.29, 0.717) is 0 Å². The molecule has 0 radical (unpaired) electrons. The fraction of sp³-hybridized carbons (Fsp3) is 0.269. The Labute approximate surface area is 188 Å². The number of aromatic amines is 1. The Hall–Kier alpha value is -3.67. The van der Waals surface area contributed by atoms with Crippen LogP contribution in [0.25, 0.3) is 10.9 Å². The fourth-order valence-corrected chi connectivity index (χ4v) is 3.73. The third-order valence-electron chi connectivity index (χ3n) is 5.43. The number of pyridine rings is 2. The molecule has 1 atom stereocenters. The van der Waals surface area contributed by atoms with E-state index < -0.39 is 5.41 Å². The lowest BCUT2D eigenvalue weighted by Gasteiger charge is -2.21. The second-order valence-corrected chi connectivity index (χ2v) is 9.12. The summed E-state index contributed by atoms with van der Waals surface area (Å²) in [4.78, 5) is 25.3. The van der Waals surface area contributed by atoms with Gasteiger partial charge in [-0.1, -0.05) is 32.9 Å². The van der Waals surface area contributed by atoms with Crippen LogP contribution in [0.15, 0.2) is 60.8 Å². The van der Waals surface area contributed by atoms with E-state index in [1.165, 1.54) is 0 Å². The zero-order valence-corrected chi connectivity index (χ0v) is 19.2. The molecular formula is C26H29N5O. The summed E-state index contributed by atoms with van der Waals surface area (Å²) >= 11 is 0. The Morgan fingerprint density at radius 2 is 1.84 bits per heavy atom. The van der Waals surface area contributed by atoms with Crippen molar-refractivity contribution >= 4 is 28.3 Å². The summed E-state index contributed by atoms with van der Waals surface area (Å²) in [6.45, 7) is 9.75. The Morgan fingerprint density at radius 3 is 2.53 bits per heavy atom. The first-order valence-corrected chi connectivity index (χ1v) is 10.8. The van der Waals surface area contributed by atoms with Crippen LogP contribution in [0.4, 0.5) is 11.5 Å². The molecule has 1 amide bonds. The van der Waals surface area contributed by atoms with Crippen molar-refractivity contribution in [2.45, 2.75) is 40.7 Å². The van der Waals surface area contributed by atoms with Crippen LogP contribution in [-0.4, -0.2) is 20.9 Å². The number of carbonyl (C=O) groups is 1. The number of amides is 1. The van der Waals surface area contributed by atoms with E-state index in [1.807, 2.05) is 82.3 Å². The molecule has 6 heteroatoms. The molecule has 0 aliphatic heterocycles. The van der Waals surface area contributed by atoms with Crippen LogP contribution in [0.1, 0.15) is 49.5 Å². The van der Waals surface area contributed by atoms with Gasteiger partial charge < -0.3 is 15.6 Å². The predicted molar refractivity (Wildman–Crippen MR) is 130 cm³/mol. The molecule has 1 unspecified atom stereocenters. The van der Waals surface area contributed by atoms with Crippen LogP contribution in [0.5, 0.6) is 0 Å². The maximum Gasteiger partial charge on any atom is 0.229 e. The molecule has 4 aromatic rings. The number of carbonyl (C=O) groups excluding carboxylic acids is 1. The van der Waals surface area contributed by atoms with Crippen LogP contribution in [0.3, 0.4) is 0 Å². The first kappa shape index (κ1) is 21.6. The van der Waals surface area contributed by atoms with Gasteiger partial charge in [0.25, 0.3) is 0 Å². The number of hydrogen-bond acceptors (Lipinski definition) is 4. The van der Waals surface area contributed by atoms with E-state index >= 15 is 0 Å². The fourth-order valence-electron chi connectivity index (χ4n) is 3.73. The SMILES string of the molecule is Cc1cccc(NC(c2ccccn2)c2c(C)[nH]c3ccc(NC(=O)C(C)(C)C)cc23)n1. The lowest BCUT2D eigenvalue weighted by atomic mass is 9.95. The van der Waals surface area contributed by atoms with Crippen LogP contribution in [-0.2, 0) is 4.79 Å². The van der Waals surface area contributed by atoms with Crippen molar-refractivity contribution in [1.29, 1.82) is 0 Å². The highest BCUT2D eigenvalue weighted by Crippen LogP contribution is 2.35. The minimum atomic E-state index is -0.471. The van der Waals surface area contributed by atoms with Gasteiger partial charge in [-0.25, -0.2) is 4.98 Å². The van der Waals surface area contributed by atoms with E-state index in [1.54, 1.807) is 6.20 Å². The standard InChI is InChI=1S/C26H29N5O/c1-16-9-8-11-22(28-16)31-24(21-10-6-7-14-27-21)23-17(2)29-20-13-12-18(15-19(20)23)30-25(32)26(3,4)5/h6-15,24,29H,1-5H3,(H,28,31)(H,30,32). The van der Waals surface area contributed by atoms with E-state index in [2.05, 4.69) is 32.5 Å². The quantitative estimate of drug-likeness (QED) is 0.378. The van der Waals surface area contributed by atoms with Crippen LogP contribution >= 0.6 is 0 Å². The minimum absolute atomic E-state index is 0.0194. The maximum atomic E-state index is 12.5. The Balaban J connectivity index is 1.81. The van der Waals surface area contributed by atoms with Gasteiger partial charge in [-0.2, -0.15) is 0 Å². The molecule has 0 fully saturated rings. The zero-order chi connectivity index (χ0) is 22.9. The molecule has 1 aromatic carbocycles. The summed E-state index contributed by atoms with van der Waals surface area (Å²) in [6, 6.07) is 17.6. The molecule has 6 nitrogen and oxygen atoms in total. The van der Waals surface area contributed by atoms with Crippen molar-refractivity contribution < 1.29 is 4.79 Å². The maximum absolute atomic E-state index is 12.5. The molecule has 3 aromatic heterocycles. The summed E-state index contributed by atoms with van der Waals surface area (Å²) in [5.41, 5.74) is 5.25. The average molecular weight is 428 g/mol. The van der Waals surface area contributed by atoms with E-state index in [9.17, 15) is 4.79 Å². The molecule has 4 rings (SSSR count). The normalized spacial score (nSPS) is 12.5. The highest BCUT2D eigenvalue weighted by molar-refractivity contribution is 5.97. The molecule has 0 saturated heterocycles. The van der Waals surface area contributed by atoms with Crippen LogP contribution in [0.2, 0.25) is 0 Å². The van der Waals surface area contributed by atoms with Crippen LogP contribution < -0.4 is 10.6 Å². The first-order valence-electron chi connectivity index (χ1n) is 10.8. The molecule has 164 valence electrons. The number of H-pyrrole nitrogens is 1. The van der Waals surface area contributed by atoms with E-state index in [-0.39, 0.29) is 11.9 Å². The van der Waals surface area contributed by atoms with Gasteiger partial charge in [0.05, 0.1) is 11.7 Å². The monoisotopic (exact) mass is 427 g/mol. The van der Waals surface area contributed by atoms with Gasteiger partial charge in [0.2, 0.25) is 5.91 Å². The number of aryl methyl sites for hydroxylation is 2. The highest BCUT2D eigenvalue weighted by Gasteiger charge is 2.24. The smallest absolute Gasteiger partial charge is 0.229 e. The largest absolute Gasteiger partial charge is 0.358 e. The lowest BCUT2D eigenvalue weighted by molar-refractivity contribution is -0.123. The molecule has 0 aliphatic carbocycles. The second-order valence-electron chi connectivity index (χ2n) is 9.12. The number of fused-ring (bicyclic) bond motifs is 1. The van der Waals surface area contributed by atoms with Gasteiger partial charge in [0.15, 0.2) is 0 Å². The van der Waals surface area contributed by atoms with Crippen molar-refractivity contribution in [3.8, 4) is 0 Å². The van der Waals surface area contributed by atoms with Crippen molar-refractivity contribution in [1.82, 2.24) is 15.0 Å². The summed E-state index contributed by atoms with van der Waals surface area (Å²) in [5.74, 6) is 0.764. The number of hydrogen-bond donors (Lipinski definition) is 3. The van der Waals surface area contributed by atoms with Crippen molar-refractivity contribution in [2.75, 3.05) is 10.6 Å². The Kier molecular flexibility index (Phi) is 5.70. The topological polar surface area (TPSA) is 82.7 Å². The molecule has 0 bridgehead atoms. The van der Waals surface area contributed by atoms with Crippen LogP contribution in [0, 0.1) is 19.3 Å². The summed E-state index contributed by atoms with van der Waals surface area (Å²) < 4.78 is 0.